The lowest BCUT2D eigenvalue weighted by atomic mass is 9.87. The highest BCUT2D eigenvalue weighted by molar-refractivity contribution is 6.31. The Bertz CT molecular complexity index is 1340. The topological polar surface area (TPSA) is 15.3 Å². The Morgan fingerprint density at radius 3 is 2.52 bits per heavy atom. The number of halogens is 2. The van der Waals surface area contributed by atoms with Crippen molar-refractivity contribution < 1.29 is 4.39 Å². The molecule has 0 aromatic heterocycles. The fraction of sp³-hybridized carbons (Fsp3) is 0.333. The first kappa shape index (κ1) is 29.8. The van der Waals surface area contributed by atoms with Crippen molar-refractivity contribution in [3.8, 4) is 0 Å². The number of allylic oxidation sites excluding steroid dienone is 2. The van der Waals surface area contributed by atoms with Gasteiger partial charge in [-0.05, 0) is 102 Å². The predicted octanol–water partition coefficient (Wildman–Crippen LogP) is 8.88. The van der Waals surface area contributed by atoms with Gasteiger partial charge in [0.1, 0.15) is 5.82 Å². The van der Waals surface area contributed by atoms with Crippen molar-refractivity contribution >= 4 is 22.7 Å². The third-order valence-corrected chi connectivity index (χ3v) is 8.00. The Morgan fingerprint density at radius 1 is 1.02 bits per heavy atom. The van der Waals surface area contributed by atoms with Crippen LogP contribution in [0.25, 0.3) is 11.1 Å². The Hall–Kier alpha value is -3.14. The van der Waals surface area contributed by atoms with Crippen LogP contribution in [0.2, 0.25) is 5.02 Å². The number of fused-ring (bicyclic) bond motifs is 1. The van der Waals surface area contributed by atoms with E-state index in [2.05, 4.69) is 73.4 Å². The number of likely N-dealkylation sites (N-methyl/N-ethyl adjacent to an activating group) is 1. The van der Waals surface area contributed by atoms with Gasteiger partial charge in [-0.15, -0.1) is 0 Å². The molecule has 3 aromatic carbocycles. The van der Waals surface area contributed by atoms with Gasteiger partial charge in [0, 0.05) is 36.9 Å². The van der Waals surface area contributed by atoms with Crippen molar-refractivity contribution in [3.05, 3.63) is 129 Å². The van der Waals surface area contributed by atoms with Crippen molar-refractivity contribution in [2.45, 2.75) is 51.9 Å². The van der Waals surface area contributed by atoms with Crippen molar-refractivity contribution in [1.82, 2.24) is 10.2 Å². The quantitative estimate of drug-likeness (QED) is 0.177. The molecule has 0 unspecified atom stereocenters. The van der Waals surface area contributed by atoms with E-state index in [-0.39, 0.29) is 5.82 Å². The maximum absolute atomic E-state index is 15.2. The Kier molecular flexibility index (Phi) is 10.8. The van der Waals surface area contributed by atoms with E-state index >= 15 is 4.39 Å². The van der Waals surface area contributed by atoms with Gasteiger partial charge in [-0.1, -0.05) is 86.1 Å². The van der Waals surface area contributed by atoms with Gasteiger partial charge in [0.05, 0.1) is 0 Å². The van der Waals surface area contributed by atoms with Gasteiger partial charge in [0.15, 0.2) is 0 Å². The Labute approximate surface area is 245 Å². The minimum Gasteiger partial charge on any atom is -0.378 e. The van der Waals surface area contributed by atoms with Gasteiger partial charge in [-0.2, -0.15) is 0 Å². The first-order valence-electron chi connectivity index (χ1n) is 14.5. The SMILES string of the molecule is C=C(/C=C/CNCCCc1ccc(C2=C(c3cc(F)c(CCC)c(Cl)c3)CCCc3ccccc32)cc1)N(C)C. The molecule has 4 heteroatoms. The van der Waals surface area contributed by atoms with Crippen molar-refractivity contribution in [2.75, 3.05) is 27.2 Å². The van der Waals surface area contributed by atoms with E-state index < -0.39 is 0 Å². The Balaban J connectivity index is 1.55. The fourth-order valence-electron chi connectivity index (χ4n) is 5.39. The molecule has 1 N–H and O–H groups in total. The second-order valence-electron chi connectivity index (χ2n) is 10.8. The van der Waals surface area contributed by atoms with E-state index in [1.54, 1.807) is 6.07 Å². The molecule has 0 bridgehead atoms. The molecule has 0 saturated carbocycles. The van der Waals surface area contributed by atoms with Gasteiger partial charge < -0.3 is 10.2 Å². The van der Waals surface area contributed by atoms with Crippen LogP contribution in [-0.4, -0.2) is 32.1 Å². The van der Waals surface area contributed by atoms with E-state index in [1.807, 2.05) is 31.1 Å². The van der Waals surface area contributed by atoms with E-state index in [4.69, 9.17) is 11.6 Å². The van der Waals surface area contributed by atoms with Crippen molar-refractivity contribution in [2.24, 2.45) is 0 Å². The standard InChI is InChI=1S/C36H42ClFN2/c1-5-11-33-34(37)24-30(25-35(33)38)32-17-8-15-28-14-6-7-16-31(28)36(32)29-20-18-27(19-21-29)13-10-23-39-22-9-12-26(2)40(3)4/h6-7,9,12,14,16,18-21,24-25,39H,2,5,8,10-11,13,15,17,22-23H2,1,3-4H3/b12-9+. The van der Waals surface area contributed by atoms with Gasteiger partial charge in [-0.25, -0.2) is 4.39 Å². The van der Waals surface area contributed by atoms with E-state index in [0.717, 1.165) is 62.9 Å². The number of hydrogen-bond donors (Lipinski definition) is 1. The van der Waals surface area contributed by atoms with Crippen LogP contribution < -0.4 is 5.32 Å². The normalized spacial score (nSPS) is 13.4. The van der Waals surface area contributed by atoms with Crippen LogP contribution in [0.5, 0.6) is 0 Å². The summed E-state index contributed by atoms with van der Waals surface area (Å²) in [4.78, 5) is 2.00. The summed E-state index contributed by atoms with van der Waals surface area (Å²) >= 11 is 6.63. The molecule has 2 nitrogen and oxygen atoms in total. The van der Waals surface area contributed by atoms with Crippen molar-refractivity contribution in [1.29, 1.82) is 0 Å². The van der Waals surface area contributed by atoms with E-state index in [1.165, 1.54) is 33.4 Å². The molecule has 210 valence electrons. The number of nitrogens with zero attached hydrogens (tertiary/aromatic N) is 1. The number of nitrogens with one attached hydrogen (secondary N) is 1. The third kappa shape index (κ3) is 7.53. The summed E-state index contributed by atoms with van der Waals surface area (Å²) < 4.78 is 15.2. The van der Waals surface area contributed by atoms with Gasteiger partial charge in [-0.3, -0.25) is 0 Å². The average molecular weight is 557 g/mol. The lowest BCUT2D eigenvalue weighted by Gasteiger charge is -2.18. The van der Waals surface area contributed by atoms with Crippen LogP contribution in [0.4, 0.5) is 4.39 Å². The number of benzene rings is 3. The summed E-state index contributed by atoms with van der Waals surface area (Å²) in [6.45, 7) is 7.86. The van der Waals surface area contributed by atoms with Crippen LogP contribution in [0, 0.1) is 5.82 Å². The molecule has 1 aliphatic rings. The summed E-state index contributed by atoms with van der Waals surface area (Å²) in [6, 6.07) is 21.3. The van der Waals surface area contributed by atoms with Crippen LogP contribution in [0.1, 0.15) is 66.0 Å². The van der Waals surface area contributed by atoms with E-state index in [0.29, 0.717) is 17.0 Å². The molecule has 3 aromatic rings. The van der Waals surface area contributed by atoms with Crippen LogP contribution in [-0.2, 0) is 19.3 Å². The predicted molar refractivity (Wildman–Crippen MR) is 170 cm³/mol. The van der Waals surface area contributed by atoms with Gasteiger partial charge in [0.2, 0.25) is 0 Å². The maximum Gasteiger partial charge on any atom is 0.128 e. The maximum atomic E-state index is 15.2. The highest BCUT2D eigenvalue weighted by atomic mass is 35.5. The smallest absolute Gasteiger partial charge is 0.128 e. The molecule has 0 saturated heterocycles. The van der Waals surface area contributed by atoms with Gasteiger partial charge in [0.25, 0.3) is 0 Å². The molecule has 1 aliphatic carbocycles. The molecule has 0 radical (unpaired) electrons. The summed E-state index contributed by atoms with van der Waals surface area (Å²) in [6.07, 6.45) is 10.7. The summed E-state index contributed by atoms with van der Waals surface area (Å²) in [5.41, 5.74) is 9.98. The zero-order chi connectivity index (χ0) is 28.5. The molecule has 0 spiro atoms. The highest BCUT2D eigenvalue weighted by Gasteiger charge is 2.21. The zero-order valence-corrected chi connectivity index (χ0v) is 25.0. The Morgan fingerprint density at radius 2 is 1.80 bits per heavy atom. The summed E-state index contributed by atoms with van der Waals surface area (Å²) in [5.74, 6) is -0.198. The molecule has 0 fully saturated rings. The summed E-state index contributed by atoms with van der Waals surface area (Å²) in [5, 5.41) is 4.01. The lowest BCUT2D eigenvalue weighted by Crippen LogP contribution is -2.16. The molecule has 0 heterocycles. The molecular formula is C36H42ClFN2. The second-order valence-corrected chi connectivity index (χ2v) is 11.2. The van der Waals surface area contributed by atoms with Crippen molar-refractivity contribution in [3.63, 3.8) is 0 Å². The van der Waals surface area contributed by atoms with Crippen LogP contribution in [0.15, 0.2) is 85.1 Å². The molecule has 0 atom stereocenters. The largest absolute Gasteiger partial charge is 0.378 e. The third-order valence-electron chi connectivity index (χ3n) is 7.66. The monoisotopic (exact) mass is 556 g/mol. The lowest BCUT2D eigenvalue weighted by molar-refractivity contribution is 0.532. The number of aryl methyl sites for hydroxylation is 2. The minimum atomic E-state index is -0.198. The average Bonchev–Trinajstić information content (AvgIpc) is 3.14. The zero-order valence-electron chi connectivity index (χ0n) is 24.2. The molecule has 4 rings (SSSR count). The molecule has 40 heavy (non-hydrogen) atoms. The van der Waals surface area contributed by atoms with E-state index in [9.17, 15) is 0 Å². The second kappa shape index (κ2) is 14.5. The molecule has 0 amide bonds. The molecular weight excluding hydrogens is 515 g/mol. The fourth-order valence-corrected chi connectivity index (χ4v) is 5.70. The van der Waals surface area contributed by atoms with Gasteiger partial charge >= 0.3 is 0 Å². The first-order chi connectivity index (χ1) is 19.4. The first-order valence-corrected chi connectivity index (χ1v) is 14.9. The minimum absolute atomic E-state index is 0.198. The highest BCUT2D eigenvalue weighted by Crippen LogP contribution is 2.41. The van der Waals surface area contributed by atoms with Crippen LogP contribution in [0.3, 0.4) is 0 Å². The molecule has 0 aliphatic heterocycles. The summed E-state index contributed by atoms with van der Waals surface area (Å²) in [7, 11) is 3.99. The van der Waals surface area contributed by atoms with Crippen LogP contribution >= 0.6 is 11.6 Å². The number of rotatable bonds is 12. The number of hydrogen-bond acceptors (Lipinski definition) is 2.